The van der Waals surface area contributed by atoms with Crippen molar-refractivity contribution < 1.29 is 15.0 Å². The Balaban J connectivity index is 1.49. The number of aliphatic hydroxyl groups is 1. The fraction of sp³-hybridized carbons (Fsp3) is 0.700. The third-order valence-electron chi connectivity index (χ3n) is 5.90. The molecule has 0 radical (unpaired) electrons. The fourth-order valence-corrected chi connectivity index (χ4v) is 4.15. The molecule has 1 aliphatic heterocycles. The first-order valence-electron chi connectivity index (χ1n) is 9.30. The van der Waals surface area contributed by atoms with E-state index >= 15 is 0 Å². The maximum Gasteiger partial charge on any atom is 0.306 e. The third-order valence-corrected chi connectivity index (χ3v) is 5.90. The lowest BCUT2D eigenvalue weighted by molar-refractivity contribution is -0.170. The molecule has 1 saturated heterocycles. The van der Waals surface area contributed by atoms with Crippen LogP contribution in [0.1, 0.15) is 57.7 Å². The summed E-state index contributed by atoms with van der Waals surface area (Å²) in [6, 6.07) is 4.28. The Labute approximate surface area is 150 Å². The van der Waals surface area contributed by atoms with Crippen LogP contribution in [0.2, 0.25) is 0 Å². The quantitative estimate of drug-likeness (QED) is 0.877. The van der Waals surface area contributed by atoms with Gasteiger partial charge in [-0.3, -0.25) is 14.7 Å². The summed E-state index contributed by atoms with van der Waals surface area (Å²) in [6.07, 6.45) is 4.70. The second kappa shape index (κ2) is 6.69. The summed E-state index contributed by atoms with van der Waals surface area (Å²) >= 11 is 0. The van der Waals surface area contributed by atoms with Crippen molar-refractivity contribution in [1.82, 2.24) is 9.88 Å². The number of likely N-dealkylation sites (tertiary alicyclic amines) is 1. The maximum atomic E-state index is 11.0. The summed E-state index contributed by atoms with van der Waals surface area (Å²) in [5, 5.41) is 19.7. The van der Waals surface area contributed by atoms with Crippen molar-refractivity contribution in [3.8, 4) is 0 Å². The summed E-state index contributed by atoms with van der Waals surface area (Å²) in [7, 11) is 0. The van der Waals surface area contributed by atoms with E-state index < -0.39 is 11.6 Å². The van der Waals surface area contributed by atoms with Gasteiger partial charge in [-0.2, -0.15) is 0 Å². The molecule has 0 spiro atoms. The number of hydrogen-bond acceptors (Lipinski definition) is 4. The number of rotatable bonds is 4. The van der Waals surface area contributed by atoms with E-state index in [0.29, 0.717) is 12.8 Å². The Hall–Kier alpha value is -1.46. The highest BCUT2D eigenvalue weighted by molar-refractivity contribution is 5.71. The second-order valence-corrected chi connectivity index (χ2v) is 8.90. The average Bonchev–Trinajstić information content (AvgIpc) is 2.52. The van der Waals surface area contributed by atoms with E-state index in [9.17, 15) is 9.90 Å². The van der Waals surface area contributed by atoms with Crippen molar-refractivity contribution >= 4 is 5.97 Å². The summed E-state index contributed by atoms with van der Waals surface area (Å²) < 4.78 is 0. The maximum absolute atomic E-state index is 11.0. The molecule has 1 saturated carbocycles. The van der Waals surface area contributed by atoms with Gasteiger partial charge in [-0.15, -0.1) is 0 Å². The molecule has 2 heterocycles. The zero-order valence-electron chi connectivity index (χ0n) is 15.5. The van der Waals surface area contributed by atoms with Gasteiger partial charge in [-0.05, 0) is 56.3 Å². The van der Waals surface area contributed by atoms with Gasteiger partial charge in [0.1, 0.15) is 0 Å². The van der Waals surface area contributed by atoms with E-state index in [2.05, 4.69) is 42.8 Å². The summed E-state index contributed by atoms with van der Waals surface area (Å²) in [4.78, 5) is 18.0. The highest BCUT2D eigenvalue weighted by Crippen LogP contribution is 2.46. The topological polar surface area (TPSA) is 73.7 Å². The highest BCUT2D eigenvalue weighted by atomic mass is 16.4. The molecule has 2 aliphatic rings. The van der Waals surface area contributed by atoms with Crippen LogP contribution in [0.15, 0.2) is 18.3 Å². The first-order valence-corrected chi connectivity index (χ1v) is 9.30. The standard InChI is InChI=1S/C20H30N2O3/c1-19(2,3)17-5-4-14(12-21-17)13-22-8-6-16(7-9-22)20(25)10-15(11-20)18(23)24/h4-5,12,15-16,25H,6-11,13H2,1-3H3,(H,23,24). The Kier molecular flexibility index (Phi) is 4.91. The van der Waals surface area contributed by atoms with Crippen LogP contribution < -0.4 is 0 Å². The number of aliphatic carboxylic acids is 1. The first kappa shape index (κ1) is 18.3. The van der Waals surface area contributed by atoms with Gasteiger partial charge in [-0.25, -0.2) is 0 Å². The number of piperidine rings is 1. The van der Waals surface area contributed by atoms with Gasteiger partial charge >= 0.3 is 5.97 Å². The molecular formula is C20H30N2O3. The highest BCUT2D eigenvalue weighted by Gasteiger charge is 2.51. The van der Waals surface area contributed by atoms with Gasteiger partial charge in [0.05, 0.1) is 11.5 Å². The smallest absolute Gasteiger partial charge is 0.306 e. The van der Waals surface area contributed by atoms with E-state index in [1.54, 1.807) is 0 Å². The molecule has 1 aromatic rings. The van der Waals surface area contributed by atoms with Crippen LogP contribution in [0.5, 0.6) is 0 Å². The Morgan fingerprint density at radius 3 is 2.40 bits per heavy atom. The Morgan fingerprint density at radius 2 is 1.92 bits per heavy atom. The summed E-state index contributed by atoms with van der Waals surface area (Å²) in [5.74, 6) is -0.885. The molecule has 2 N–H and O–H groups in total. The van der Waals surface area contributed by atoms with Gasteiger partial charge in [0.2, 0.25) is 0 Å². The largest absolute Gasteiger partial charge is 0.481 e. The molecular weight excluding hydrogens is 316 g/mol. The van der Waals surface area contributed by atoms with Gasteiger partial charge in [-0.1, -0.05) is 26.8 Å². The molecule has 0 amide bonds. The van der Waals surface area contributed by atoms with Crippen molar-refractivity contribution in [1.29, 1.82) is 0 Å². The zero-order chi connectivity index (χ0) is 18.2. The molecule has 1 aromatic heterocycles. The SMILES string of the molecule is CC(C)(C)c1ccc(CN2CCC(C3(O)CC(C(=O)O)C3)CC2)cn1. The van der Waals surface area contributed by atoms with Crippen LogP contribution in [0, 0.1) is 11.8 Å². The van der Waals surface area contributed by atoms with Crippen LogP contribution in [0.25, 0.3) is 0 Å². The molecule has 0 bridgehead atoms. The van der Waals surface area contributed by atoms with E-state index in [1.165, 1.54) is 5.56 Å². The Bertz CT molecular complexity index is 607. The average molecular weight is 346 g/mol. The molecule has 1 aliphatic carbocycles. The lowest BCUT2D eigenvalue weighted by Gasteiger charge is -2.49. The van der Waals surface area contributed by atoms with Crippen molar-refractivity contribution in [3.63, 3.8) is 0 Å². The van der Waals surface area contributed by atoms with Crippen LogP contribution in [0.3, 0.4) is 0 Å². The fourth-order valence-electron chi connectivity index (χ4n) is 4.15. The number of pyridine rings is 1. The lowest BCUT2D eigenvalue weighted by Crippen LogP contribution is -2.54. The van der Waals surface area contributed by atoms with E-state index in [4.69, 9.17) is 5.11 Å². The lowest BCUT2D eigenvalue weighted by atomic mass is 9.62. The molecule has 0 atom stereocenters. The van der Waals surface area contributed by atoms with Crippen molar-refractivity contribution in [2.75, 3.05) is 13.1 Å². The number of hydrogen-bond donors (Lipinski definition) is 2. The second-order valence-electron chi connectivity index (χ2n) is 8.90. The van der Waals surface area contributed by atoms with E-state index in [-0.39, 0.29) is 17.3 Å². The molecule has 3 rings (SSSR count). The summed E-state index contributed by atoms with van der Waals surface area (Å²) in [5.41, 5.74) is 1.66. The Morgan fingerprint density at radius 1 is 1.28 bits per heavy atom. The molecule has 5 nitrogen and oxygen atoms in total. The van der Waals surface area contributed by atoms with Gasteiger partial charge in [0.15, 0.2) is 0 Å². The number of nitrogens with zero attached hydrogens (tertiary/aromatic N) is 2. The predicted octanol–water partition coefficient (Wildman–Crippen LogP) is 2.82. The van der Waals surface area contributed by atoms with Crippen LogP contribution >= 0.6 is 0 Å². The zero-order valence-corrected chi connectivity index (χ0v) is 15.5. The third kappa shape index (κ3) is 4.04. The summed E-state index contributed by atoms with van der Waals surface area (Å²) in [6.45, 7) is 9.29. The predicted molar refractivity (Wildman–Crippen MR) is 96.2 cm³/mol. The van der Waals surface area contributed by atoms with Crippen LogP contribution in [-0.2, 0) is 16.8 Å². The van der Waals surface area contributed by atoms with Crippen molar-refractivity contribution in [2.45, 2.75) is 64.0 Å². The van der Waals surface area contributed by atoms with Gasteiger partial charge in [0.25, 0.3) is 0 Å². The number of carbonyl (C=O) groups is 1. The number of carboxylic acids is 1. The minimum Gasteiger partial charge on any atom is -0.481 e. The molecule has 25 heavy (non-hydrogen) atoms. The molecule has 0 unspecified atom stereocenters. The normalized spacial score (nSPS) is 28.6. The van der Waals surface area contributed by atoms with Crippen molar-refractivity contribution in [2.24, 2.45) is 11.8 Å². The number of carboxylic acid groups (broad SMARTS) is 1. The van der Waals surface area contributed by atoms with Crippen LogP contribution in [0.4, 0.5) is 0 Å². The monoisotopic (exact) mass is 346 g/mol. The van der Waals surface area contributed by atoms with Gasteiger partial charge in [0, 0.05) is 23.9 Å². The molecule has 138 valence electrons. The first-order chi connectivity index (χ1) is 11.7. The van der Waals surface area contributed by atoms with E-state index in [0.717, 1.165) is 38.2 Å². The van der Waals surface area contributed by atoms with Gasteiger partial charge < -0.3 is 10.2 Å². The minimum absolute atomic E-state index is 0.0723. The molecule has 2 fully saturated rings. The number of aromatic nitrogens is 1. The van der Waals surface area contributed by atoms with Crippen LogP contribution in [-0.4, -0.2) is 44.8 Å². The molecule has 5 heteroatoms. The van der Waals surface area contributed by atoms with E-state index in [1.807, 2.05) is 6.20 Å². The van der Waals surface area contributed by atoms with Crippen molar-refractivity contribution in [3.05, 3.63) is 29.6 Å². The molecule has 0 aromatic carbocycles. The minimum atomic E-state index is -0.770.